The van der Waals surface area contributed by atoms with E-state index in [2.05, 4.69) is 22.6 Å². The first-order valence-electron chi connectivity index (χ1n) is 4.82. The van der Waals surface area contributed by atoms with Gasteiger partial charge in [0, 0.05) is 3.57 Å². The van der Waals surface area contributed by atoms with E-state index in [-0.39, 0.29) is 11.3 Å². The topological polar surface area (TPSA) is 33.0 Å². The summed E-state index contributed by atoms with van der Waals surface area (Å²) in [4.78, 5) is 0. The van der Waals surface area contributed by atoms with Gasteiger partial charge in [-0.15, -0.1) is 0 Å². The van der Waals surface area contributed by atoms with Crippen molar-refractivity contribution in [1.82, 2.24) is 0 Å². The van der Waals surface area contributed by atoms with E-state index >= 15 is 0 Å². The van der Waals surface area contributed by atoms with Crippen molar-refractivity contribution in [2.24, 2.45) is 0 Å². The number of halogens is 2. The fourth-order valence-electron chi connectivity index (χ4n) is 1.28. The zero-order valence-corrected chi connectivity index (χ0v) is 10.8. The van der Waals surface area contributed by atoms with Gasteiger partial charge in [0.05, 0.1) is 11.6 Å². The molecule has 0 saturated carbocycles. The molecular weight excluding hydrogens is 332 g/mol. The molecule has 0 bridgehead atoms. The monoisotopic (exact) mass is 339 g/mol. The number of nitriles is 1. The Morgan fingerprint density at radius 2 is 1.82 bits per heavy atom. The Kier molecular flexibility index (Phi) is 3.59. The molecule has 2 aromatic rings. The molecule has 0 spiro atoms. The normalized spacial score (nSPS) is 9.71. The van der Waals surface area contributed by atoms with Crippen LogP contribution in [0.25, 0.3) is 0 Å². The maximum Gasteiger partial charge on any atom is 0.167 e. The van der Waals surface area contributed by atoms with Crippen LogP contribution in [0.2, 0.25) is 0 Å². The zero-order valence-electron chi connectivity index (χ0n) is 8.65. The Morgan fingerprint density at radius 1 is 1.12 bits per heavy atom. The van der Waals surface area contributed by atoms with Crippen LogP contribution in [0.3, 0.4) is 0 Å². The third kappa shape index (κ3) is 2.94. The second kappa shape index (κ2) is 5.15. The average molecular weight is 339 g/mol. The van der Waals surface area contributed by atoms with E-state index in [9.17, 15) is 4.39 Å². The molecule has 2 rings (SSSR count). The minimum atomic E-state index is -0.539. The van der Waals surface area contributed by atoms with Gasteiger partial charge in [-0.25, -0.2) is 4.39 Å². The summed E-state index contributed by atoms with van der Waals surface area (Å²) in [6.07, 6.45) is 0. The lowest BCUT2D eigenvalue weighted by Gasteiger charge is -2.06. The fourth-order valence-corrected chi connectivity index (χ4v) is 1.64. The number of ether oxygens (including phenoxy) is 1. The van der Waals surface area contributed by atoms with Gasteiger partial charge < -0.3 is 4.74 Å². The Morgan fingerprint density at radius 3 is 2.41 bits per heavy atom. The first-order chi connectivity index (χ1) is 8.19. The van der Waals surface area contributed by atoms with E-state index in [4.69, 9.17) is 10.00 Å². The van der Waals surface area contributed by atoms with E-state index in [1.807, 2.05) is 18.2 Å². The fraction of sp³-hybridized carbons (Fsp3) is 0. The van der Waals surface area contributed by atoms with Crippen molar-refractivity contribution in [2.45, 2.75) is 0 Å². The summed E-state index contributed by atoms with van der Waals surface area (Å²) >= 11 is 2.18. The van der Waals surface area contributed by atoms with Crippen molar-refractivity contribution >= 4 is 22.6 Å². The molecule has 0 N–H and O–H groups in total. The number of hydrogen-bond donors (Lipinski definition) is 0. The van der Waals surface area contributed by atoms with E-state index < -0.39 is 5.82 Å². The molecule has 0 fully saturated rings. The van der Waals surface area contributed by atoms with Crippen molar-refractivity contribution in [1.29, 1.82) is 5.26 Å². The lowest BCUT2D eigenvalue weighted by molar-refractivity contribution is 0.442. The van der Waals surface area contributed by atoms with Gasteiger partial charge >= 0.3 is 0 Å². The predicted molar refractivity (Wildman–Crippen MR) is 70.3 cm³/mol. The van der Waals surface area contributed by atoms with Crippen LogP contribution in [0.1, 0.15) is 5.56 Å². The van der Waals surface area contributed by atoms with E-state index in [0.29, 0.717) is 5.75 Å². The van der Waals surface area contributed by atoms with Gasteiger partial charge in [0.25, 0.3) is 0 Å². The highest BCUT2D eigenvalue weighted by Crippen LogP contribution is 2.25. The molecule has 2 aromatic carbocycles. The summed E-state index contributed by atoms with van der Waals surface area (Å²) in [5.74, 6) is 0.141. The second-order valence-electron chi connectivity index (χ2n) is 3.31. The van der Waals surface area contributed by atoms with Gasteiger partial charge in [-0.2, -0.15) is 5.26 Å². The maximum absolute atomic E-state index is 13.5. The minimum absolute atomic E-state index is 0.116. The second-order valence-corrected chi connectivity index (χ2v) is 4.56. The van der Waals surface area contributed by atoms with E-state index in [0.717, 1.165) is 9.64 Å². The van der Waals surface area contributed by atoms with Crippen molar-refractivity contribution in [3.05, 3.63) is 57.4 Å². The number of rotatable bonds is 2. The standard InChI is InChI=1S/C13H7FINO/c14-12-7-9(8-16)1-6-13(12)17-11-4-2-10(15)3-5-11/h1-7H. The number of nitrogens with zero attached hydrogens (tertiary/aromatic N) is 1. The summed E-state index contributed by atoms with van der Waals surface area (Å²) in [6.45, 7) is 0. The lowest BCUT2D eigenvalue weighted by atomic mass is 10.2. The average Bonchev–Trinajstić information content (AvgIpc) is 2.34. The molecule has 0 amide bonds. The largest absolute Gasteiger partial charge is 0.454 e. The lowest BCUT2D eigenvalue weighted by Crippen LogP contribution is -1.89. The van der Waals surface area contributed by atoms with Crippen molar-refractivity contribution in [3.63, 3.8) is 0 Å². The predicted octanol–water partition coefficient (Wildman–Crippen LogP) is 4.09. The Labute approximate surface area is 112 Å². The van der Waals surface area contributed by atoms with E-state index in [1.54, 1.807) is 12.1 Å². The summed E-state index contributed by atoms with van der Waals surface area (Å²) in [5, 5.41) is 8.61. The van der Waals surface area contributed by atoms with Gasteiger partial charge in [0.2, 0.25) is 0 Å². The summed E-state index contributed by atoms with van der Waals surface area (Å²) in [6, 6.07) is 13.3. The minimum Gasteiger partial charge on any atom is -0.454 e. The molecule has 4 heteroatoms. The molecule has 0 radical (unpaired) electrons. The third-order valence-corrected chi connectivity index (χ3v) is 2.82. The van der Waals surface area contributed by atoms with Gasteiger partial charge in [-0.05, 0) is 65.1 Å². The van der Waals surface area contributed by atoms with Gasteiger partial charge in [0.15, 0.2) is 11.6 Å². The van der Waals surface area contributed by atoms with Crippen LogP contribution in [-0.4, -0.2) is 0 Å². The molecule has 0 unspecified atom stereocenters. The molecule has 84 valence electrons. The Hall–Kier alpha value is -1.61. The van der Waals surface area contributed by atoms with Gasteiger partial charge in [-0.3, -0.25) is 0 Å². The summed E-state index contributed by atoms with van der Waals surface area (Å²) in [5.41, 5.74) is 0.275. The van der Waals surface area contributed by atoms with Crippen LogP contribution in [0.5, 0.6) is 11.5 Å². The highest BCUT2D eigenvalue weighted by atomic mass is 127. The first kappa shape index (κ1) is 11.9. The summed E-state index contributed by atoms with van der Waals surface area (Å²) < 4.78 is 20.0. The molecule has 0 heterocycles. The van der Waals surface area contributed by atoms with Crippen molar-refractivity contribution in [3.8, 4) is 17.6 Å². The SMILES string of the molecule is N#Cc1ccc(Oc2ccc(I)cc2)c(F)c1. The van der Waals surface area contributed by atoms with Crippen LogP contribution in [0.15, 0.2) is 42.5 Å². The third-order valence-electron chi connectivity index (χ3n) is 2.10. The molecule has 0 saturated heterocycles. The maximum atomic E-state index is 13.5. The van der Waals surface area contributed by atoms with Crippen LogP contribution in [0, 0.1) is 20.7 Å². The van der Waals surface area contributed by atoms with Crippen LogP contribution in [0.4, 0.5) is 4.39 Å². The molecule has 2 nitrogen and oxygen atoms in total. The molecule has 0 aliphatic rings. The van der Waals surface area contributed by atoms with Crippen LogP contribution >= 0.6 is 22.6 Å². The van der Waals surface area contributed by atoms with Crippen molar-refractivity contribution < 1.29 is 9.13 Å². The van der Waals surface area contributed by atoms with Gasteiger partial charge in [-0.1, -0.05) is 0 Å². The highest BCUT2D eigenvalue weighted by Gasteiger charge is 2.05. The molecular formula is C13H7FINO. The summed E-state index contributed by atoms with van der Waals surface area (Å²) in [7, 11) is 0. The molecule has 0 aliphatic heterocycles. The smallest absolute Gasteiger partial charge is 0.167 e. The Bertz CT molecular complexity index is 575. The van der Waals surface area contributed by atoms with E-state index in [1.165, 1.54) is 12.1 Å². The first-order valence-corrected chi connectivity index (χ1v) is 5.90. The molecule has 17 heavy (non-hydrogen) atoms. The quantitative estimate of drug-likeness (QED) is 0.772. The zero-order chi connectivity index (χ0) is 12.3. The molecule has 0 aromatic heterocycles. The number of benzene rings is 2. The van der Waals surface area contributed by atoms with Crippen LogP contribution < -0.4 is 4.74 Å². The number of hydrogen-bond acceptors (Lipinski definition) is 2. The van der Waals surface area contributed by atoms with Crippen molar-refractivity contribution in [2.75, 3.05) is 0 Å². The van der Waals surface area contributed by atoms with Crippen LogP contribution in [-0.2, 0) is 0 Å². The highest BCUT2D eigenvalue weighted by molar-refractivity contribution is 14.1. The van der Waals surface area contributed by atoms with Gasteiger partial charge in [0.1, 0.15) is 5.75 Å². The molecule has 0 aliphatic carbocycles. The molecule has 0 atom stereocenters. The Balaban J connectivity index is 2.25.